The maximum atomic E-state index is 12.9. The third kappa shape index (κ3) is 3.88. The SMILES string of the molecule is COc1ccc2cc([C@H](C)C(=O)Nc3ccc(N4CCCC4=O)c(C)c3)ccc2c1. The highest BCUT2D eigenvalue weighted by Crippen LogP contribution is 2.29. The molecule has 3 aromatic carbocycles. The van der Waals surface area contributed by atoms with Gasteiger partial charge >= 0.3 is 0 Å². The van der Waals surface area contributed by atoms with E-state index in [1.807, 2.05) is 73.3 Å². The Kier molecular flexibility index (Phi) is 5.44. The van der Waals surface area contributed by atoms with Crippen LogP contribution >= 0.6 is 0 Å². The number of methoxy groups -OCH3 is 1. The van der Waals surface area contributed by atoms with Crippen LogP contribution in [0, 0.1) is 6.92 Å². The van der Waals surface area contributed by atoms with Crippen LogP contribution in [0.1, 0.15) is 36.8 Å². The van der Waals surface area contributed by atoms with Crippen molar-refractivity contribution in [1.82, 2.24) is 0 Å². The second kappa shape index (κ2) is 8.19. The lowest BCUT2D eigenvalue weighted by molar-refractivity contribution is -0.118. The lowest BCUT2D eigenvalue weighted by Crippen LogP contribution is -2.24. The van der Waals surface area contributed by atoms with Gasteiger partial charge < -0.3 is 15.0 Å². The first kappa shape index (κ1) is 20.0. The van der Waals surface area contributed by atoms with Gasteiger partial charge in [0, 0.05) is 24.3 Å². The summed E-state index contributed by atoms with van der Waals surface area (Å²) in [5.41, 5.74) is 3.61. The normalized spacial score (nSPS) is 14.8. The summed E-state index contributed by atoms with van der Waals surface area (Å²) >= 11 is 0. The Labute approximate surface area is 176 Å². The van der Waals surface area contributed by atoms with E-state index < -0.39 is 0 Å². The molecule has 3 aromatic rings. The fourth-order valence-electron chi connectivity index (χ4n) is 3.98. The van der Waals surface area contributed by atoms with Crippen molar-refractivity contribution in [2.24, 2.45) is 0 Å². The summed E-state index contributed by atoms with van der Waals surface area (Å²) in [5.74, 6) is 0.622. The molecule has 1 aliphatic heterocycles. The quantitative estimate of drug-likeness (QED) is 0.651. The third-order valence-corrected chi connectivity index (χ3v) is 5.79. The molecule has 1 fully saturated rings. The molecule has 0 aromatic heterocycles. The van der Waals surface area contributed by atoms with Crippen LogP contribution in [-0.2, 0) is 9.59 Å². The molecule has 1 saturated heterocycles. The van der Waals surface area contributed by atoms with Gasteiger partial charge in [0.2, 0.25) is 11.8 Å². The number of rotatable bonds is 5. The number of nitrogens with one attached hydrogen (secondary N) is 1. The van der Waals surface area contributed by atoms with Gasteiger partial charge in [-0.05, 0) is 72.5 Å². The molecule has 1 atom stereocenters. The van der Waals surface area contributed by atoms with E-state index >= 15 is 0 Å². The molecule has 5 heteroatoms. The summed E-state index contributed by atoms with van der Waals surface area (Å²) in [5, 5.41) is 5.16. The van der Waals surface area contributed by atoms with E-state index in [2.05, 4.69) is 5.32 Å². The van der Waals surface area contributed by atoms with Crippen LogP contribution in [-0.4, -0.2) is 25.5 Å². The smallest absolute Gasteiger partial charge is 0.231 e. The van der Waals surface area contributed by atoms with E-state index in [0.717, 1.165) is 52.0 Å². The zero-order valence-electron chi connectivity index (χ0n) is 17.6. The molecule has 0 radical (unpaired) electrons. The summed E-state index contributed by atoms with van der Waals surface area (Å²) in [6.07, 6.45) is 1.50. The summed E-state index contributed by atoms with van der Waals surface area (Å²) in [7, 11) is 1.65. The molecule has 1 aliphatic rings. The summed E-state index contributed by atoms with van der Waals surface area (Å²) in [6, 6.07) is 17.7. The third-order valence-electron chi connectivity index (χ3n) is 5.79. The predicted molar refractivity (Wildman–Crippen MR) is 120 cm³/mol. The molecular formula is C25H26N2O3. The highest BCUT2D eigenvalue weighted by molar-refractivity contribution is 5.98. The second-order valence-corrected chi connectivity index (χ2v) is 7.83. The van der Waals surface area contributed by atoms with Gasteiger partial charge in [-0.2, -0.15) is 0 Å². The van der Waals surface area contributed by atoms with Crippen LogP contribution in [0.3, 0.4) is 0 Å². The van der Waals surface area contributed by atoms with E-state index in [9.17, 15) is 9.59 Å². The molecule has 0 saturated carbocycles. The van der Waals surface area contributed by atoms with Crippen LogP contribution in [0.5, 0.6) is 5.75 Å². The van der Waals surface area contributed by atoms with Crippen molar-refractivity contribution in [1.29, 1.82) is 0 Å². The number of ether oxygens (including phenoxy) is 1. The van der Waals surface area contributed by atoms with E-state index in [4.69, 9.17) is 4.74 Å². The van der Waals surface area contributed by atoms with E-state index in [-0.39, 0.29) is 17.7 Å². The maximum Gasteiger partial charge on any atom is 0.231 e. The standard InChI is InChI=1S/C25H26N2O3/c1-16-13-21(9-11-23(16)27-12-4-5-24(27)28)26-25(29)17(2)18-6-7-20-15-22(30-3)10-8-19(20)14-18/h6-11,13-15,17H,4-5,12H2,1-3H3,(H,26,29)/t17-/m0/s1. The Bertz CT molecular complexity index is 1120. The largest absolute Gasteiger partial charge is 0.497 e. The molecular weight excluding hydrogens is 376 g/mol. The topological polar surface area (TPSA) is 58.6 Å². The van der Waals surface area contributed by atoms with Gasteiger partial charge in [0.15, 0.2) is 0 Å². The van der Waals surface area contributed by atoms with Crippen LogP contribution < -0.4 is 15.0 Å². The average molecular weight is 402 g/mol. The van der Waals surface area contributed by atoms with Gasteiger partial charge in [0.05, 0.1) is 13.0 Å². The molecule has 2 amide bonds. The van der Waals surface area contributed by atoms with E-state index in [1.54, 1.807) is 7.11 Å². The Morgan fingerprint density at radius 1 is 1.07 bits per heavy atom. The minimum absolute atomic E-state index is 0.0627. The van der Waals surface area contributed by atoms with E-state index in [1.165, 1.54) is 0 Å². The van der Waals surface area contributed by atoms with Gasteiger partial charge in [-0.3, -0.25) is 9.59 Å². The van der Waals surface area contributed by atoms with Crippen LogP contribution in [0.2, 0.25) is 0 Å². The number of aryl methyl sites for hydroxylation is 1. The molecule has 154 valence electrons. The van der Waals surface area contributed by atoms with Crippen molar-refractivity contribution in [3.05, 3.63) is 65.7 Å². The minimum atomic E-state index is -0.295. The summed E-state index contributed by atoms with van der Waals surface area (Å²) in [6.45, 7) is 4.64. The number of benzene rings is 3. The van der Waals surface area contributed by atoms with Crippen LogP contribution in [0.15, 0.2) is 54.6 Å². The Balaban J connectivity index is 1.50. The first-order chi connectivity index (χ1) is 14.5. The zero-order chi connectivity index (χ0) is 21.3. The zero-order valence-corrected chi connectivity index (χ0v) is 17.6. The average Bonchev–Trinajstić information content (AvgIpc) is 3.18. The van der Waals surface area contributed by atoms with Crippen molar-refractivity contribution in [2.75, 3.05) is 23.9 Å². The molecule has 1 N–H and O–H groups in total. The number of amides is 2. The van der Waals surface area contributed by atoms with Gasteiger partial charge in [0.25, 0.3) is 0 Å². The fraction of sp³-hybridized carbons (Fsp3) is 0.280. The number of hydrogen-bond acceptors (Lipinski definition) is 3. The van der Waals surface area contributed by atoms with Crippen molar-refractivity contribution in [2.45, 2.75) is 32.6 Å². The molecule has 0 bridgehead atoms. The second-order valence-electron chi connectivity index (χ2n) is 7.83. The predicted octanol–water partition coefficient (Wildman–Crippen LogP) is 5.03. The first-order valence-electron chi connectivity index (χ1n) is 10.3. The number of carbonyl (C=O) groups is 2. The number of hydrogen-bond donors (Lipinski definition) is 1. The Hall–Kier alpha value is -3.34. The first-order valence-corrected chi connectivity index (χ1v) is 10.3. The molecule has 30 heavy (non-hydrogen) atoms. The summed E-state index contributed by atoms with van der Waals surface area (Å²) in [4.78, 5) is 26.7. The van der Waals surface area contributed by atoms with Gasteiger partial charge in [-0.15, -0.1) is 0 Å². The van der Waals surface area contributed by atoms with Gasteiger partial charge in [-0.25, -0.2) is 0 Å². The lowest BCUT2D eigenvalue weighted by Gasteiger charge is -2.20. The summed E-state index contributed by atoms with van der Waals surface area (Å²) < 4.78 is 5.28. The number of carbonyl (C=O) groups excluding carboxylic acids is 2. The molecule has 0 unspecified atom stereocenters. The fourth-order valence-corrected chi connectivity index (χ4v) is 3.98. The molecule has 4 rings (SSSR count). The number of anilines is 2. The van der Waals surface area contributed by atoms with Crippen LogP contribution in [0.25, 0.3) is 10.8 Å². The monoisotopic (exact) mass is 402 g/mol. The van der Waals surface area contributed by atoms with Crippen molar-refractivity contribution in [3.8, 4) is 5.75 Å². The Morgan fingerprint density at radius 2 is 1.83 bits per heavy atom. The van der Waals surface area contributed by atoms with E-state index in [0.29, 0.717) is 6.42 Å². The number of fused-ring (bicyclic) bond motifs is 1. The molecule has 0 spiro atoms. The van der Waals surface area contributed by atoms with Crippen molar-refractivity contribution < 1.29 is 14.3 Å². The maximum absolute atomic E-state index is 12.9. The molecule has 5 nitrogen and oxygen atoms in total. The highest BCUT2D eigenvalue weighted by Gasteiger charge is 2.23. The van der Waals surface area contributed by atoms with Crippen molar-refractivity contribution in [3.63, 3.8) is 0 Å². The van der Waals surface area contributed by atoms with Crippen LogP contribution in [0.4, 0.5) is 11.4 Å². The number of nitrogens with zero attached hydrogens (tertiary/aromatic N) is 1. The molecule has 1 heterocycles. The minimum Gasteiger partial charge on any atom is -0.497 e. The Morgan fingerprint density at radius 3 is 2.53 bits per heavy atom. The van der Waals surface area contributed by atoms with Crippen molar-refractivity contribution >= 4 is 34.0 Å². The lowest BCUT2D eigenvalue weighted by atomic mass is 9.97. The van der Waals surface area contributed by atoms with Gasteiger partial charge in [0.1, 0.15) is 5.75 Å². The van der Waals surface area contributed by atoms with Gasteiger partial charge in [-0.1, -0.05) is 24.3 Å². The molecule has 0 aliphatic carbocycles. The highest BCUT2D eigenvalue weighted by atomic mass is 16.5.